The highest BCUT2D eigenvalue weighted by Crippen LogP contribution is 2.28. The fourth-order valence-corrected chi connectivity index (χ4v) is 5.08. The molecule has 1 fully saturated rings. The monoisotopic (exact) mass is 577 g/mol. The first-order chi connectivity index (χ1) is 20.9. The molecule has 0 radical (unpaired) electrons. The molecule has 0 atom stereocenters. The van der Waals surface area contributed by atoms with Crippen molar-refractivity contribution in [1.29, 1.82) is 0 Å². The smallest absolute Gasteiger partial charge is 0.284 e. The number of para-hydroxylation sites is 1. The van der Waals surface area contributed by atoms with E-state index >= 15 is 0 Å². The topological polar surface area (TPSA) is 139 Å². The minimum absolute atomic E-state index is 0.0688. The standard InChI is InChI=1S/C32H31N7O4/c1-20-28(32(41)39(38(20)2)24-6-4-3-5-7-24)31(40)36-23-10-8-21(9-11-23)29-30(33)35-19-26(37-29)22-12-15-34-27(18-22)43-25-13-16-42-17-14-25/h3-12,15,18-19,25H,13-14,16-17H2,1-2H3,(H2,33,35)(H,36,40). The van der Waals surface area contributed by atoms with Crippen LogP contribution in [0.1, 0.15) is 28.9 Å². The molecule has 4 heterocycles. The zero-order valence-corrected chi connectivity index (χ0v) is 23.9. The maximum Gasteiger partial charge on any atom is 0.284 e. The number of hydrogen-bond donors (Lipinski definition) is 2. The highest BCUT2D eigenvalue weighted by Gasteiger charge is 2.22. The molecule has 218 valence electrons. The lowest BCUT2D eigenvalue weighted by Crippen LogP contribution is -2.26. The van der Waals surface area contributed by atoms with Gasteiger partial charge in [0.2, 0.25) is 5.88 Å². The van der Waals surface area contributed by atoms with Gasteiger partial charge in [0.05, 0.1) is 36.5 Å². The van der Waals surface area contributed by atoms with E-state index in [2.05, 4.69) is 15.3 Å². The number of nitrogens with zero attached hydrogens (tertiary/aromatic N) is 5. The maximum absolute atomic E-state index is 13.2. The molecule has 1 aliphatic heterocycles. The van der Waals surface area contributed by atoms with E-state index in [0.717, 1.165) is 24.0 Å². The molecule has 11 heteroatoms. The quantitative estimate of drug-likeness (QED) is 0.290. The van der Waals surface area contributed by atoms with Crippen molar-refractivity contribution in [2.75, 3.05) is 24.3 Å². The van der Waals surface area contributed by atoms with Gasteiger partial charge >= 0.3 is 0 Å². The average Bonchev–Trinajstić information content (AvgIpc) is 3.26. The first kappa shape index (κ1) is 27.9. The van der Waals surface area contributed by atoms with E-state index in [0.29, 0.717) is 47.6 Å². The number of nitrogens with one attached hydrogen (secondary N) is 1. The van der Waals surface area contributed by atoms with Crippen molar-refractivity contribution in [3.63, 3.8) is 0 Å². The van der Waals surface area contributed by atoms with Crippen LogP contribution in [0.5, 0.6) is 5.88 Å². The molecule has 43 heavy (non-hydrogen) atoms. The van der Waals surface area contributed by atoms with E-state index in [4.69, 9.17) is 20.2 Å². The highest BCUT2D eigenvalue weighted by atomic mass is 16.5. The SMILES string of the molecule is Cc1c(C(=O)Nc2ccc(-c3nc(-c4ccnc(OC5CCOCC5)c4)cnc3N)cc2)c(=O)n(-c2ccccc2)n1C. The molecular formula is C32H31N7O4. The van der Waals surface area contributed by atoms with Crippen LogP contribution in [0.2, 0.25) is 0 Å². The maximum atomic E-state index is 13.2. The summed E-state index contributed by atoms with van der Waals surface area (Å²) < 4.78 is 14.6. The number of carbonyl (C=O) groups excluding carboxylic acids is 1. The zero-order chi connectivity index (χ0) is 29.9. The summed E-state index contributed by atoms with van der Waals surface area (Å²) in [6, 6.07) is 20.0. The molecule has 6 rings (SSSR count). The Morgan fingerprint density at radius 2 is 1.77 bits per heavy atom. The number of anilines is 2. The number of nitrogens with two attached hydrogens (primary N) is 1. The highest BCUT2D eigenvalue weighted by molar-refractivity contribution is 6.05. The van der Waals surface area contributed by atoms with Gasteiger partial charge in [-0.2, -0.15) is 0 Å². The Labute approximate surface area is 247 Å². The van der Waals surface area contributed by atoms with Crippen molar-refractivity contribution in [2.24, 2.45) is 7.05 Å². The second-order valence-electron chi connectivity index (χ2n) is 10.3. The van der Waals surface area contributed by atoms with E-state index in [1.165, 1.54) is 4.68 Å². The number of nitrogen functional groups attached to an aromatic ring is 1. The number of benzene rings is 2. The third kappa shape index (κ3) is 5.75. The van der Waals surface area contributed by atoms with Crippen molar-refractivity contribution in [3.8, 4) is 34.1 Å². The van der Waals surface area contributed by atoms with Crippen molar-refractivity contribution in [1.82, 2.24) is 24.3 Å². The zero-order valence-electron chi connectivity index (χ0n) is 23.9. The van der Waals surface area contributed by atoms with E-state index in [1.807, 2.05) is 42.5 Å². The Bertz CT molecular complexity index is 1830. The van der Waals surface area contributed by atoms with Gasteiger partial charge in [0, 0.05) is 49.0 Å². The lowest BCUT2D eigenvalue weighted by molar-refractivity contribution is 0.0237. The molecular weight excluding hydrogens is 546 g/mol. The molecule has 1 saturated heterocycles. The van der Waals surface area contributed by atoms with Crippen LogP contribution in [0.4, 0.5) is 11.5 Å². The van der Waals surface area contributed by atoms with Crippen LogP contribution >= 0.6 is 0 Å². The summed E-state index contributed by atoms with van der Waals surface area (Å²) in [4.78, 5) is 39.9. The van der Waals surface area contributed by atoms with E-state index in [-0.39, 0.29) is 17.5 Å². The third-order valence-corrected chi connectivity index (χ3v) is 7.48. The summed E-state index contributed by atoms with van der Waals surface area (Å²) in [5, 5.41) is 2.84. The normalized spacial score (nSPS) is 13.5. The first-order valence-corrected chi connectivity index (χ1v) is 14.0. The Kier molecular flexibility index (Phi) is 7.71. The number of amides is 1. The van der Waals surface area contributed by atoms with Crippen LogP contribution in [0.3, 0.4) is 0 Å². The minimum atomic E-state index is -0.488. The number of hydrogen-bond acceptors (Lipinski definition) is 8. The summed E-state index contributed by atoms with van der Waals surface area (Å²) in [7, 11) is 1.75. The van der Waals surface area contributed by atoms with Gasteiger partial charge in [0.1, 0.15) is 23.2 Å². The fraction of sp³-hybridized carbons (Fsp3) is 0.219. The van der Waals surface area contributed by atoms with Gasteiger partial charge in [-0.15, -0.1) is 0 Å². The molecule has 0 saturated carbocycles. The summed E-state index contributed by atoms with van der Waals surface area (Å²) in [6.07, 6.45) is 5.02. The van der Waals surface area contributed by atoms with E-state index in [1.54, 1.807) is 55.3 Å². The molecule has 3 N–H and O–H groups in total. The number of ether oxygens (including phenoxy) is 2. The van der Waals surface area contributed by atoms with Crippen molar-refractivity contribution in [3.05, 3.63) is 101 Å². The van der Waals surface area contributed by atoms with Crippen LogP contribution in [0, 0.1) is 6.92 Å². The van der Waals surface area contributed by atoms with Gasteiger partial charge in [0.15, 0.2) is 0 Å². The molecule has 0 unspecified atom stereocenters. The predicted molar refractivity (Wildman–Crippen MR) is 163 cm³/mol. The number of pyridine rings is 1. The summed E-state index contributed by atoms with van der Waals surface area (Å²) in [5.41, 5.74) is 10.3. The Hall–Kier alpha value is -5.29. The molecule has 2 aromatic carbocycles. The van der Waals surface area contributed by atoms with Gasteiger partial charge in [0.25, 0.3) is 11.5 Å². The molecule has 0 bridgehead atoms. The molecule has 0 aliphatic carbocycles. The summed E-state index contributed by atoms with van der Waals surface area (Å²) in [5.74, 6) is 0.307. The van der Waals surface area contributed by atoms with Crippen LogP contribution in [0.15, 0.2) is 83.9 Å². The Balaban J connectivity index is 1.21. The third-order valence-electron chi connectivity index (χ3n) is 7.48. The van der Waals surface area contributed by atoms with Crippen molar-refractivity contribution < 1.29 is 14.3 Å². The van der Waals surface area contributed by atoms with Crippen LogP contribution in [-0.4, -0.2) is 49.5 Å². The van der Waals surface area contributed by atoms with Gasteiger partial charge in [-0.25, -0.2) is 19.6 Å². The minimum Gasteiger partial charge on any atom is -0.474 e. The summed E-state index contributed by atoms with van der Waals surface area (Å²) in [6.45, 7) is 3.11. The van der Waals surface area contributed by atoms with Crippen LogP contribution in [-0.2, 0) is 11.8 Å². The van der Waals surface area contributed by atoms with Crippen molar-refractivity contribution >= 4 is 17.4 Å². The van der Waals surface area contributed by atoms with E-state index in [9.17, 15) is 9.59 Å². The fourth-order valence-electron chi connectivity index (χ4n) is 5.08. The van der Waals surface area contributed by atoms with Gasteiger partial charge in [-0.05, 0) is 37.3 Å². The average molecular weight is 578 g/mol. The molecule has 1 aliphatic rings. The molecule has 0 spiro atoms. The second kappa shape index (κ2) is 11.9. The molecule has 5 aromatic rings. The number of carbonyl (C=O) groups is 1. The summed E-state index contributed by atoms with van der Waals surface area (Å²) >= 11 is 0. The molecule has 11 nitrogen and oxygen atoms in total. The van der Waals surface area contributed by atoms with Gasteiger partial charge < -0.3 is 20.5 Å². The number of aromatic nitrogens is 5. The number of rotatable bonds is 7. The second-order valence-corrected chi connectivity index (χ2v) is 10.3. The van der Waals surface area contributed by atoms with Gasteiger partial charge in [-0.1, -0.05) is 30.3 Å². The lowest BCUT2D eigenvalue weighted by atomic mass is 10.1. The van der Waals surface area contributed by atoms with E-state index < -0.39 is 11.5 Å². The van der Waals surface area contributed by atoms with Gasteiger partial charge in [-0.3, -0.25) is 14.3 Å². The Morgan fingerprint density at radius 3 is 2.51 bits per heavy atom. The van der Waals surface area contributed by atoms with Crippen LogP contribution in [0.25, 0.3) is 28.2 Å². The van der Waals surface area contributed by atoms with Crippen LogP contribution < -0.4 is 21.3 Å². The molecule has 1 amide bonds. The van der Waals surface area contributed by atoms with Crippen molar-refractivity contribution in [2.45, 2.75) is 25.9 Å². The Morgan fingerprint density at radius 1 is 1.02 bits per heavy atom. The molecule has 3 aromatic heterocycles. The largest absolute Gasteiger partial charge is 0.474 e. The predicted octanol–water partition coefficient (Wildman–Crippen LogP) is 4.40. The lowest BCUT2D eigenvalue weighted by Gasteiger charge is -2.22. The first-order valence-electron chi connectivity index (χ1n) is 14.0.